The lowest BCUT2D eigenvalue weighted by atomic mass is 9.85. The lowest BCUT2D eigenvalue weighted by Crippen LogP contribution is -2.50. The number of hydrogen-bond acceptors (Lipinski definition) is 3. The summed E-state index contributed by atoms with van der Waals surface area (Å²) in [5.41, 5.74) is -1.19. The lowest BCUT2D eigenvalue weighted by molar-refractivity contribution is -0.146. The number of nitrogens with one attached hydrogen (secondary N) is 2. The highest BCUT2D eigenvalue weighted by molar-refractivity contribution is 5.86. The molecule has 104 valence electrons. The maximum Gasteiger partial charge on any atom is 0.328 e. The predicted octanol–water partition coefficient (Wildman–Crippen LogP) is 0.992. The summed E-state index contributed by atoms with van der Waals surface area (Å²) < 4.78 is 0. The van der Waals surface area contributed by atoms with E-state index in [2.05, 4.69) is 17.6 Å². The molecule has 0 spiro atoms. The number of rotatable bonds is 5. The van der Waals surface area contributed by atoms with Crippen LogP contribution in [0.25, 0.3) is 0 Å². The smallest absolute Gasteiger partial charge is 0.328 e. The van der Waals surface area contributed by atoms with Crippen molar-refractivity contribution in [3.63, 3.8) is 0 Å². The molecule has 5 nitrogen and oxygen atoms in total. The van der Waals surface area contributed by atoms with E-state index in [1.54, 1.807) is 0 Å². The topological polar surface area (TPSA) is 78.4 Å². The Balaban J connectivity index is 2.41. The van der Waals surface area contributed by atoms with Gasteiger partial charge < -0.3 is 15.7 Å². The van der Waals surface area contributed by atoms with Crippen LogP contribution in [0, 0.1) is 11.8 Å². The Hall–Kier alpha value is -1.10. The van der Waals surface area contributed by atoms with Gasteiger partial charge in [-0.15, -0.1) is 0 Å². The van der Waals surface area contributed by atoms with E-state index in [1.165, 1.54) is 13.8 Å². The number of aliphatic carboxylic acids is 1. The summed E-state index contributed by atoms with van der Waals surface area (Å²) in [5, 5.41) is 14.8. The summed E-state index contributed by atoms with van der Waals surface area (Å²) in [4.78, 5) is 22.7. The molecular weight excluding hydrogens is 232 g/mol. The van der Waals surface area contributed by atoms with Gasteiger partial charge in [-0.05, 0) is 51.6 Å². The highest BCUT2D eigenvalue weighted by atomic mass is 16.4. The van der Waals surface area contributed by atoms with Crippen molar-refractivity contribution < 1.29 is 14.7 Å². The fourth-order valence-corrected chi connectivity index (χ4v) is 2.28. The number of carboxylic acids is 1. The van der Waals surface area contributed by atoms with Gasteiger partial charge in [0.15, 0.2) is 0 Å². The van der Waals surface area contributed by atoms with Crippen LogP contribution >= 0.6 is 0 Å². The van der Waals surface area contributed by atoms with Crippen molar-refractivity contribution in [3.05, 3.63) is 0 Å². The van der Waals surface area contributed by atoms with E-state index in [4.69, 9.17) is 5.11 Å². The SMILES string of the molecule is CC(CC(=O)NC(C)(C)C(=O)O)C1CCCNC1. The molecule has 18 heavy (non-hydrogen) atoms. The first-order chi connectivity index (χ1) is 8.33. The normalized spacial score (nSPS) is 22.3. The van der Waals surface area contributed by atoms with Crippen LogP contribution < -0.4 is 10.6 Å². The molecule has 1 saturated heterocycles. The molecule has 5 heteroatoms. The summed E-state index contributed by atoms with van der Waals surface area (Å²) in [5.74, 6) is -0.400. The minimum Gasteiger partial charge on any atom is -0.480 e. The second-order valence-corrected chi connectivity index (χ2v) is 5.77. The van der Waals surface area contributed by atoms with Gasteiger partial charge in [0.25, 0.3) is 0 Å². The molecular formula is C13H24N2O3. The summed E-state index contributed by atoms with van der Waals surface area (Å²) in [6, 6.07) is 0. The van der Waals surface area contributed by atoms with E-state index in [0.29, 0.717) is 12.3 Å². The van der Waals surface area contributed by atoms with E-state index < -0.39 is 11.5 Å². The van der Waals surface area contributed by atoms with Gasteiger partial charge in [0.2, 0.25) is 5.91 Å². The Morgan fingerprint density at radius 2 is 2.17 bits per heavy atom. The third-order valence-corrected chi connectivity index (χ3v) is 3.63. The molecule has 0 aromatic rings. The van der Waals surface area contributed by atoms with Gasteiger partial charge in [-0.3, -0.25) is 4.79 Å². The van der Waals surface area contributed by atoms with Crippen molar-refractivity contribution in [1.29, 1.82) is 0 Å². The molecule has 2 unspecified atom stereocenters. The first-order valence-electron chi connectivity index (χ1n) is 6.58. The maximum absolute atomic E-state index is 11.8. The van der Waals surface area contributed by atoms with E-state index in [0.717, 1.165) is 25.9 Å². The zero-order valence-electron chi connectivity index (χ0n) is 11.5. The summed E-state index contributed by atoms with van der Waals surface area (Å²) in [6.45, 7) is 7.07. The number of carbonyl (C=O) groups excluding carboxylic acids is 1. The molecule has 1 aliphatic rings. The van der Waals surface area contributed by atoms with Gasteiger partial charge in [0.05, 0.1) is 0 Å². The predicted molar refractivity (Wildman–Crippen MR) is 69.2 cm³/mol. The van der Waals surface area contributed by atoms with E-state index in [1.807, 2.05) is 0 Å². The first-order valence-corrected chi connectivity index (χ1v) is 6.58. The monoisotopic (exact) mass is 256 g/mol. The number of amides is 1. The molecule has 0 aliphatic carbocycles. The van der Waals surface area contributed by atoms with Crippen molar-refractivity contribution in [2.75, 3.05) is 13.1 Å². The molecule has 1 heterocycles. The zero-order chi connectivity index (χ0) is 13.8. The van der Waals surface area contributed by atoms with Crippen molar-refractivity contribution in [2.24, 2.45) is 11.8 Å². The molecule has 2 atom stereocenters. The molecule has 0 aromatic carbocycles. The van der Waals surface area contributed by atoms with E-state index in [9.17, 15) is 9.59 Å². The Bertz CT molecular complexity index is 309. The number of carboxylic acid groups (broad SMARTS) is 1. The van der Waals surface area contributed by atoms with Crippen molar-refractivity contribution in [3.8, 4) is 0 Å². The highest BCUT2D eigenvalue weighted by Crippen LogP contribution is 2.22. The van der Waals surface area contributed by atoms with Crippen LogP contribution in [-0.4, -0.2) is 35.6 Å². The second kappa shape index (κ2) is 6.18. The van der Waals surface area contributed by atoms with Crippen molar-refractivity contribution in [2.45, 2.75) is 45.6 Å². The van der Waals surface area contributed by atoms with Crippen LogP contribution in [0.1, 0.15) is 40.0 Å². The third-order valence-electron chi connectivity index (χ3n) is 3.63. The second-order valence-electron chi connectivity index (χ2n) is 5.77. The molecule has 1 rings (SSSR count). The molecule has 0 aromatic heterocycles. The first kappa shape index (κ1) is 15.0. The van der Waals surface area contributed by atoms with Gasteiger partial charge in [-0.2, -0.15) is 0 Å². The molecule has 1 aliphatic heterocycles. The summed E-state index contributed by atoms with van der Waals surface area (Å²) in [6.07, 6.45) is 2.68. The van der Waals surface area contributed by atoms with Crippen molar-refractivity contribution in [1.82, 2.24) is 10.6 Å². The minimum atomic E-state index is -1.19. The van der Waals surface area contributed by atoms with Gasteiger partial charge in [-0.1, -0.05) is 6.92 Å². The fraction of sp³-hybridized carbons (Fsp3) is 0.846. The average Bonchev–Trinajstić information content (AvgIpc) is 2.29. The quantitative estimate of drug-likeness (QED) is 0.685. The number of carbonyl (C=O) groups is 2. The Morgan fingerprint density at radius 1 is 1.50 bits per heavy atom. The zero-order valence-corrected chi connectivity index (χ0v) is 11.5. The van der Waals surface area contributed by atoms with Gasteiger partial charge in [-0.25, -0.2) is 4.79 Å². The van der Waals surface area contributed by atoms with Crippen LogP contribution in [0.2, 0.25) is 0 Å². The van der Waals surface area contributed by atoms with E-state index >= 15 is 0 Å². The average molecular weight is 256 g/mol. The van der Waals surface area contributed by atoms with Gasteiger partial charge in [0, 0.05) is 6.42 Å². The lowest BCUT2D eigenvalue weighted by Gasteiger charge is -2.29. The fourth-order valence-electron chi connectivity index (χ4n) is 2.28. The molecule has 0 bridgehead atoms. The Kier molecular flexibility index (Phi) is 5.14. The van der Waals surface area contributed by atoms with E-state index in [-0.39, 0.29) is 11.8 Å². The van der Waals surface area contributed by atoms with Crippen LogP contribution in [0.3, 0.4) is 0 Å². The largest absolute Gasteiger partial charge is 0.480 e. The van der Waals surface area contributed by atoms with Crippen LogP contribution in [0.5, 0.6) is 0 Å². The summed E-state index contributed by atoms with van der Waals surface area (Å²) >= 11 is 0. The Morgan fingerprint density at radius 3 is 2.67 bits per heavy atom. The van der Waals surface area contributed by atoms with Gasteiger partial charge >= 0.3 is 5.97 Å². The maximum atomic E-state index is 11.8. The third kappa shape index (κ3) is 4.29. The van der Waals surface area contributed by atoms with Crippen molar-refractivity contribution >= 4 is 11.9 Å². The standard InChI is InChI=1S/C13H24N2O3/c1-9(10-5-4-6-14-8-10)7-11(16)15-13(2,3)12(17)18/h9-10,14H,4-8H2,1-3H3,(H,15,16)(H,17,18). The van der Waals surface area contributed by atoms with Gasteiger partial charge in [0.1, 0.15) is 5.54 Å². The molecule has 1 amide bonds. The van der Waals surface area contributed by atoms with Crippen LogP contribution in [0.15, 0.2) is 0 Å². The van der Waals surface area contributed by atoms with Crippen LogP contribution in [0.4, 0.5) is 0 Å². The molecule has 1 fully saturated rings. The Labute approximate surface area is 108 Å². The van der Waals surface area contributed by atoms with Crippen LogP contribution in [-0.2, 0) is 9.59 Å². The number of hydrogen-bond donors (Lipinski definition) is 3. The molecule has 0 radical (unpaired) electrons. The molecule has 0 saturated carbocycles. The minimum absolute atomic E-state index is 0.180. The number of piperidine rings is 1. The highest BCUT2D eigenvalue weighted by Gasteiger charge is 2.30. The molecule has 3 N–H and O–H groups in total. The summed E-state index contributed by atoms with van der Waals surface area (Å²) in [7, 11) is 0.